The highest BCUT2D eigenvalue weighted by Crippen LogP contribution is 2.38. The fourth-order valence-corrected chi connectivity index (χ4v) is 3.75. The summed E-state index contributed by atoms with van der Waals surface area (Å²) in [6.45, 7) is 3.10. The van der Waals surface area contributed by atoms with E-state index in [4.69, 9.17) is 10.5 Å². The largest absolute Gasteiger partial charge is 0.496 e. The van der Waals surface area contributed by atoms with Crippen LogP contribution < -0.4 is 10.5 Å². The van der Waals surface area contributed by atoms with E-state index >= 15 is 0 Å². The number of fused-ring (bicyclic) bond motifs is 1. The molecule has 1 heterocycles. The number of carbonyl (C=O) groups excluding carboxylic acids is 1. The molecule has 128 valence electrons. The molecule has 1 aliphatic heterocycles. The fraction of sp³-hybridized carbons (Fsp3) is 0.450. The van der Waals surface area contributed by atoms with Crippen LogP contribution in [0.25, 0.3) is 10.8 Å². The molecule has 0 atom stereocenters. The van der Waals surface area contributed by atoms with Gasteiger partial charge in [0.2, 0.25) is 5.91 Å². The Morgan fingerprint density at radius 2 is 1.96 bits per heavy atom. The van der Waals surface area contributed by atoms with E-state index in [-0.39, 0.29) is 5.91 Å². The minimum absolute atomic E-state index is 0.203. The summed E-state index contributed by atoms with van der Waals surface area (Å²) in [6, 6.07) is 12.8. The van der Waals surface area contributed by atoms with Crippen LogP contribution >= 0.6 is 0 Å². The Hall–Kier alpha value is -2.07. The summed E-state index contributed by atoms with van der Waals surface area (Å²) >= 11 is 0. The van der Waals surface area contributed by atoms with Crippen molar-refractivity contribution in [2.24, 2.45) is 5.73 Å². The molecule has 1 fully saturated rings. The average molecular weight is 326 g/mol. The first-order valence-electron chi connectivity index (χ1n) is 8.75. The molecule has 0 bridgehead atoms. The second kappa shape index (κ2) is 7.67. The van der Waals surface area contributed by atoms with Gasteiger partial charge in [-0.1, -0.05) is 36.4 Å². The van der Waals surface area contributed by atoms with Gasteiger partial charge >= 0.3 is 0 Å². The number of hydrogen-bond donors (Lipinski definition) is 1. The first-order chi connectivity index (χ1) is 11.7. The van der Waals surface area contributed by atoms with Crippen LogP contribution in [0.3, 0.4) is 0 Å². The maximum Gasteiger partial charge on any atom is 0.217 e. The van der Waals surface area contributed by atoms with Gasteiger partial charge in [0.25, 0.3) is 0 Å². The van der Waals surface area contributed by atoms with Crippen LogP contribution in [0, 0.1) is 0 Å². The summed E-state index contributed by atoms with van der Waals surface area (Å²) in [5.74, 6) is 1.36. The molecule has 0 radical (unpaired) electrons. The lowest BCUT2D eigenvalue weighted by molar-refractivity contribution is -0.118. The number of hydrogen-bond acceptors (Lipinski definition) is 3. The van der Waals surface area contributed by atoms with Crippen molar-refractivity contribution >= 4 is 16.7 Å². The number of primary amides is 1. The molecule has 0 aliphatic carbocycles. The lowest BCUT2D eigenvalue weighted by Gasteiger charge is -2.32. The summed E-state index contributed by atoms with van der Waals surface area (Å²) in [4.78, 5) is 13.3. The number of rotatable bonds is 6. The standard InChI is InChI=1S/C20H26N2O2/c1-24-20-17-6-3-2-5-15(17)8-9-18(20)16-10-13-22(14-11-16)12-4-7-19(21)23/h2-3,5-6,8-9,16H,4,7,10-14H2,1H3,(H2,21,23). The molecule has 0 aromatic heterocycles. The third kappa shape index (κ3) is 3.70. The van der Waals surface area contributed by atoms with Crippen LogP contribution in [0.15, 0.2) is 36.4 Å². The van der Waals surface area contributed by atoms with Gasteiger partial charge in [-0.15, -0.1) is 0 Å². The van der Waals surface area contributed by atoms with Crippen molar-refractivity contribution < 1.29 is 9.53 Å². The van der Waals surface area contributed by atoms with E-state index < -0.39 is 0 Å². The molecular weight excluding hydrogens is 300 g/mol. The van der Waals surface area contributed by atoms with Crippen molar-refractivity contribution in [1.29, 1.82) is 0 Å². The van der Waals surface area contributed by atoms with Crippen LogP contribution in [0.1, 0.15) is 37.2 Å². The van der Waals surface area contributed by atoms with E-state index in [1.165, 1.54) is 16.3 Å². The highest BCUT2D eigenvalue weighted by molar-refractivity contribution is 5.89. The third-order valence-electron chi connectivity index (χ3n) is 5.04. The smallest absolute Gasteiger partial charge is 0.217 e. The molecule has 24 heavy (non-hydrogen) atoms. The Morgan fingerprint density at radius 3 is 2.67 bits per heavy atom. The molecule has 2 N–H and O–H groups in total. The highest BCUT2D eigenvalue weighted by Gasteiger charge is 2.23. The Balaban J connectivity index is 1.68. The van der Waals surface area contributed by atoms with E-state index in [9.17, 15) is 4.79 Å². The molecule has 4 nitrogen and oxygen atoms in total. The first-order valence-corrected chi connectivity index (χ1v) is 8.75. The number of methoxy groups -OCH3 is 1. The zero-order valence-electron chi connectivity index (χ0n) is 14.3. The molecule has 1 amide bonds. The summed E-state index contributed by atoms with van der Waals surface area (Å²) in [5.41, 5.74) is 6.54. The van der Waals surface area contributed by atoms with Gasteiger partial charge in [-0.05, 0) is 55.8 Å². The van der Waals surface area contributed by atoms with E-state index in [2.05, 4.69) is 41.3 Å². The molecular formula is C20H26N2O2. The van der Waals surface area contributed by atoms with Gasteiger partial charge in [0, 0.05) is 11.8 Å². The molecule has 2 aromatic rings. The summed E-state index contributed by atoms with van der Waals surface area (Å²) in [5, 5.41) is 2.42. The van der Waals surface area contributed by atoms with Crippen molar-refractivity contribution in [3.63, 3.8) is 0 Å². The highest BCUT2D eigenvalue weighted by atomic mass is 16.5. The van der Waals surface area contributed by atoms with Crippen molar-refractivity contribution in [1.82, 2.24) is 4.90 Å². The number of ether oxygens (including phenoxy) is 1. The van der Waals surface area contributed by atoms with Crippen LogP contribution in [0.5, 0.6) is 5.75 Å². The molecule has 1 saturated heterocycles. The van der Waals surface area contributed by atoms with E-state index in [1.807, 2.05) is 0 Å². The number of nitrogens with zero attached hydrogens (tertiary/aromatic N) is 1. The SMILES string of the molecule is COc1c(C2CCN(CCCC(N)=O)CC2)ccc2ccccc12. The number of likely N-dealkylation sites (tertiary alicyclic amines) is 1. The lowest BCUT2D eigenvalue weighted by Crippen LogP contribution is -2.34. The molecule has 0 unspecified atom stereocenters. The summed E-state index contributed by atoms with van der Waals surface area (Å²) in [6.07, 6.45) is 3.61. The number of nitrogens with two attached hydrogens (primary N) is 1. The normalized spacial score (nSPS) is 16.4. The predicted molar refractivity (Wildman–Crippen MR) is 97.3 cm³/mol. The topological polar surface area (TPSA) is 55.6 Å². The number of amides is 1. The van der Waals surface area contributed by atoms with E-state index in [1.54, 1.807) is 7.11 Å². The Morgan fingerprint density at radius 1 is 1.21 bits per heavy atom. The van der Waals surface area contributed by atoms with E-state index in [0.29, 0.717) is 12.3 Å². The summed E-state index contributed by atoms with van der Waals surface area (Å²) < 4.78 is 5.76. The first kappa shape index (κ1) is 16.8. The molecule has 0 spiro atoms. The number of carbonyl (C=O) groups is 1. The molecule has 0 saturated carbocycles. The lowest BCUT2D eigenvalue weighted by atomic mass is 9.87. The average Bonchev–Trinajstić information content (AvgIpc) is 2.61. The predicted octanol–water partition coefficient (Wildman–Crippen LogP) is 3.29. The van der Waals surface area contributed by atoms with Crippen LogP contribution in [0.4, 0.5) is 0 Å². The minimum Gasteiger partial charge on any atom is -0.496 e. The van der Waals surface area contributed by atoms with Crippen molar-refractivity contribution in [3.05, 3.63) is 42.0 Å². The van der Waals surface area contributed by atoms with Crippen LogP contribution in [0.2, 0.25) is 0 Å². The van der Waals surface area contributed by atoms with Gasteiger partial charge in [0.15, 0.2) is 0 Å². The molecule has 3 rings (SSSR count). The molecule has 2 aromatic carbocycles. The number of piperidine rings is 1. The second-order valence-corrected chi connectivity index (χ2v) is 6.59. The Bertz CT molecular complexity index is 706. The third-order valence-corrected chi connectivity index (χ3v) is 5.04. The quantitative estimate of drug-likeness (QED) is 0.886. The van der Waals surface area contributed by atoms with Gasteiger partial charge in [-0.25, -0.2) is 0 Å². The van der Waals surface area contributed by atoms with Gasteiger partial charge in [0.1, 0.15) is 5.75 Å². The minimum atomic E-state index is -0.203. The van der Waals surface area contributed by atoms with Gasteiger partial charge < -0.3 is 15.4 Å². The monoisotopic (exact) mass is 326 g/mol. The van der Waals surface area contributed by atoms with Crippen LogP contribution in [-0.2, 0) is 4.79 Å². The van der Waals surface area contributed by atoms with Gasteiger partial charge in [-0.3, -0.25) is 4.79 Å². The van der Waals surface area contributed by atoms with E-state index in [0.717, 1.165) is 44.6 Å². The Kier molecular flexibility index (Phi) is 5.36. The maximum absolute atomic E-state index is 10.8. The summed E-state index contributed by atoms with van der Waals surface area (Å²) in [7, 11) is 1.77. The number of benzene rings is 2. The fourth-order valence-electron chi connectivity index (χ4n) is 3.75. The second-order valence-electron chi connectivity index (χ2n) is 6.59. The van der Waals surface area contributed by atoms with Crippen molar-refractivity contribution in [2.75, 3.05) is 26.7 Å². The van der Waals surface area contributed by atoms with Gasteiger partial charge in [0.05, 0.1) is 7.11 Å². The molecule has 4 heteroatoms. The molecule has 1 aliphatic rings. The maximum atomic E-state index is 10.8. The van der Waals surface area contributed by atoms with Crippen LogP contribution in [-0.4, -0.2) is 37.6 Å². The van der Waals surface area contributed by atoms with Gasteiger partial charge in [-0.2, -0.15) is 0 Å². The Labute approximate surface area is 143 Å². The zero-order valence-corrected chi connectivity index (χ0v) is 14.3. The van der Waals surface area contributed by atoms with Crippen molar-refractivity contribution in [3.8, 4) is 5.75 Å². The zero-order chi connectivity index (χ0) is 16.9. The van der Waals surface area contributed by atoms with Crippen molar-refractivity contribution in [2.45, 2.75) is 31.6 Å².